The maximum Gasteiger partial charge on any atom is 0.251 e. The van der Waals surface area contributed by atoms with Crippen LogP contribution in [-0.4, -0.2) is 46.9 Å². The molecule has 1 aromatic heterocycles. The number of sulfonamides is 1. The first-order valence-electron chi connectivity index (χ1n) is 11.6. The quantitative estimate of drug-likeness (QED) is 0.499. The highest BCUT2D eigenvalue weighted by Crippen LogP contribution is 2.25. The van der Waals surface area contributed by atoms with Crippen molar-refractivity contribution in [2.75, 3.05) is 11.9 Å². The standard InChI is InChI=1S/C25H29N5O4S/c1-19-6-2-3-15-30(19)35(33,34)23-11-9-21(10-12-23)25(32)26-17-20-7-4-8-22(16-20)28-24(31)18-29-14-5-13-27-29/h4-5,7-14,16,19H,2-3,6,15,17-18H2,1H3,(H,26,32)(H,28,31). The predicted molar refractivity (Wildman–Crippen MR) is 132 cm³/mol. The Morgan fingerprint density at radius 2 is 1.89 bits per heavy atom. The second kappa shape index (κ2) is 10.8. The molecule has 0 radical (unpaired) electrons. The van der Waals surface area contributed by atoms with Crippen LogP contribution < -0.4 is 10.6 Å². The molecule has 9 nitrogen and oxygen atoms in total. The monoisotopic (exact) mass is 495 g/mol. The van der Waals surface area contributed by atoms with E-state index in [1.54, 1.807) is 41.0 Å². The lowest BCUT2D eigenvalue weighted by atomic mass is 10.1. The highest BCUT2D eigenvalue weighted by molar-refractivity contribution is 7.89. The van der Waals surface area contributed by atoms with E-state index < -0.39 is 10.0 Å². The SMILES string of the molecule is CC1CCCCN1S(=O)(=O)c1ccc(C(=O)NCc2cccc(NC(=O)Cn3cccn3)c2)cc1. The van der Waals surface area contributed by atoms with Crippen molar-refractivity contribution in [3.8, 4) is 0 Å². The number of piperidine rings is 1. The Labute approximate surface area is 205 Å². The summed E-state index contributed by atoms with van der Waals surface area (Å²) in [5.41, 5.74) is 1.81. The fraction of sp³-hybridized carbons (Fsp3) is 0.320. The molecule has 2 N–H and O–H groups in total. The van der Waals surface area contributed by atoms with E-state index in [4.69, 9.17) is 0 Å². The van der Waals surface area contributed by atoms with Gasteiger partial charge in [-0.05, 0) is 67.8 Å². The van der Waals surface area contributed by atoms with Gasteiger partial charge in [-0.3, -0.25) is 14.3 Å². The van der Waals surface area contributed by atoms with Gasteiger partial charge in [0.1, 0.15) is 6.54 Å². The zero-order chi connectivity index (χ0) is 24.8. The number of rotatable bonds is 8. The summed E-state index contributed by atoms with van der Waals surface area (Å²) >= 11 is 0. The van der Waals surface area contributed by atoms with Gasteiger partial charge in [0.2, 0.25) is 15.9 Å². The molecule has 1 atom stereocenters. The van der Waals surface area contributed by atoms with Crippen molar-refractivity contribution in [2.24, 2.45) is 0 Å². The van der Waals surface area contributed by atoms with Crippen LogP contribution in [0.4, 0.5) is 5.69 Å². The third kappa shape index (κ3) is 6.14. The molecule has 35 heavy (non-hydrogen) atoms. The molecule has 1 fully saturated rings. The summed E-state index contributed by atoms with van der Waals surface area (Å²) in [7, 11) is -3.58. The first-order chi connectivity index (χ1) is 16.8. The van der Waals surface area contributed by atoms with Crippen molar-refractivity contribution < 1.29 is 18.0 Å². The normalized spacial score (nSPS) is 16.5. The Morgan fingerprint density at radius 1 is 1.09 bits per heavy atom. The lowest BCUT2D eigenvalue weighted by Crippen LogP contribution is -2.41. The van der Waals surface area contributed by atoms with Gasteiger partial charge in [-0.25, -0.2) is 8.42 Å². The summed E-state index contributed by atoms with van der Waals surface area (Å²) in [5.74, 6) is -0.516. The van der Waals surface area contributed by atoms with Crippen molar-refractivity contribution in [1.29, 1.82) is 0 Å². The van der Waals surface area contributed by atoms with Crippen LogP contribution in [-0.2, 0) is 27.9 Å². The van der Waals surface area contributed by atoms with E-state index in [1.165, 1.54) is 28.9 Å². The Balaban J connectivity index is 1.34. The molecular formula is C25H29N5O4S. The molecule has 1 unspecified atom stereocenters. The molecule has 2 amide bonds. The number of benzene rings is 2. The van der Waals surface area contributed by atoms with Gasteiger partial charge in [0.25, 0.3) is 5.91 Å². The number of aromatic nitrogens is 2. The molecule has 10 heteroatoms. The predicted octanol–water partition coefficient (Wildman–Crippen LogP) is 3.01. The van der Waals surface area contributed by atoms with Crippen LogP contribution in [0.1, 0.15) is 42.1 Å². The number of amides is 2. The van der Waals surface area contributed by atoms with Crippen LogP contribution in [0.2, 0.25) is 0 Å². The molecule has 1 aliphatic rings. The average molecular weight is 496 g/mol. The summed E-state index contributed by atoms with van der Waals surface area (Å²) in [4.78, 5) is 25.0. The molecule has 184 valence electrons. The van der Waals surface area contributed by atoms with Gasteiger partial charge >= 0.3 is 0 Å². The fourth-order valence-corrected chi connectivity index (χ4v) is 5.83. The maximum atomic E-state index is 13.0. The third-order valence-electron chi connectivity index (χ3n) is 5.99. The Bertz CT molecular complexity index is 1270. The maximum absolute atomic E-state index is 13.0. The lowest BCUT2D eigenvalue weighted by Gasteiger charge is -2.32. The van der Waals surface area contributed by atoms with E-state index in [-0.39, 0.29) is 35.8 Å². The first-order valence-corrected chi connectivity index (χ1v) is 13.0. The van der Waals surface area contributed by atoms with Crippen molar-refractivity contribution >= 4 is 27.5 Å². The molecule has 0 saturated carbocycles. The number of nitrogens with one attached hydrogen (secondary N) is 2. The number of hydrogen-bond donors (Lipinski definition) is 2. The number of anilines is 1. The highest BCUT2D eigenvalue weighted by Gasteiger charge is 2.30. The molecule has 4 rings (SSSR count). The lowest BCUT2D eigenvalue weighted by molar-refractivity contribution is -0.116. The molecule has 0 bridgehead atoms. The van der Waals surface area contributed by atoms with Gasteiger partial charge in [-0.2, -0.15) is 9.40 Å². The molecule has 1 aliphatic heterocycles. The van der Waals surface area contributed by atoms with Crippen LogP contribution in [0.25, 0.3) is 0 Å². The molecule has 0 aliphatic carbocycles. The molecule has 2 heterocycles. The Hall–Kier alpha value is -3.50. The molecule has 1 saturated heterocycles. The van der Waals surface area contributed by atoms with E-state index >= 15 is 0 Å². The summed E-state index contributed by atoms with van der Waals surface area (Å²) in [5, 5.41) is 9.66. The summed E-state index contributed by atoms with van der Waals surface area (Å²) in [6.07, 6.45) is 6.07. The zero-order valence-electron chi connectivity index (χ0n) is 19.6. The van der Waals surface area contributed by atoms with Crippen molar-refractivity contribution in [2.45, 2.75) is 50.2 Å². The van der Waals surface area contributed by atoms with Gasteiger partial charge in [0.05, 0.1) is 4.90 Å². The van der Waals surface area contributed by atoms with Crippen molar-refractivity contribution in [3.63, 3.8) is 0 Å². The molecule has 0 spiro atoms. The Morgan fingerprint density at radius 3 is 2.60 bits per heavy atom. The number of carbonyl (C=O) groups is 2. The number of carbonyl (C=O) groups excluding carboxylic acids is 2. The van der Waals surface area contributed by atoms with Crippen molar-refractivity contribution in [1.82, 2.24) is 19.4 Å². The minimum atomic E-state index is -3.58. The van der Waals surface area contributed by atoms with Crippen LogP contribution in [0.3, 0.4) is 0 Å². The Kier molecular flexibility index (Phi) is 7.62. The average Bonchev–Trinajstić information content (AvgIpc) is 3.36. The summed E-state index contributed by atoms with van der Waals surface area (Å²) in [6.45, 7) is 2.82. The van der Waals surface area contributed by atoms with Crippen LogP contribution in [0.15, 0.2) is 71.9 Å². The minimum Gasteiger partial charge on any atom is -0.348 e. The van der Waals surface area contributed by atoms with Crippen LogP contribution >= 0.6 is 0 Å². The summed E-state index contributed by atoms with van der Waals surface area (Å²) < 4.78 is 29.0. The topological polar surface area (TPSA) is 113 Å². The largest absolute Gasteiger partial charge is 0.348 e. The smallest absolute Gasteiger partial charge is 0.251 e. The number of hydrogen-bond acceptors (Lipinski definition) is 5. The van der Waals surface area contributed by atoms with Gasteiger partial charge in [0, 0.05) is 42.8 Å². The third-order valence-corrected chi connectivity index (χ3v) is 8.02. The van der Waals surface area contributed by atoms with E-state index in [0.29, 0.717) is 17.8 Å². The second-order valence-corrected chi connectivity index (χ2v) is 10.5. The van der Waals surface area contributed by atoms with Gasteiger partial charge in [-0.1, -0.05) is 18.6 Å². The molecular weight excluding hydrogens is 466 g/mol. The van der Waals surface area contributed by atoms with Crippen LogP contribution in [0, 0.1) is 0 Å². The molecule has 3 aromatic rings. The molecule has 2 aromatic carbocycles. The van der Waals surface area contributed by atoms with Crippen LogP contribution in [0.5, 0.6) is 0 Å². The minimum absolute atomic E-state index is 0.0252. The highest BCUT2D eigenvalue weighted by atomic mass is 32.2. The van der Waals surface area contributed by atoms with E-state index in [0.717, 1.165) is 24.8 Å². The first kappa shape index (κ1) is 24.6. The summed E-state index contributed by atoms with van der Waals surface area (Å²) in [6, 6.07) is 15.0. The van der Waals surface area contributed by atoms with E-state index in [1.807, 2.05) is 13.0 Å². The van der Waals surface area contributed by atoms with Gasteiger partial charge in [-0.15, -0.1) is 0 Å². The fourth-order valence-electron chi connectivity index (χ4n) is 4.13. The van der Waals surface area contributed by atoms with E-state index in [2.05, 4.69) is 15.7 Å². The number of nitrogens with zero attached hydrogens (tertiary/aromatic N) is 3. The van der Waals surface area contributed by atoms with Crippen molar-refractivity contribution in [3.05, 3.63) is 78.1 Å². The van der Waals surface area contributed by atoms with E-state index in [9.17, 15) is 18.0 Å². The zero-order valence-corrected chi connectivity index (χ0v) is 20.4. The van der Waals surface area contributed by atoms with Gasteiger partial charge in [0.15, 0.2) is 0 Å². The van der Waals surface area contributed by atoms with Gasteiger partial charge < -0.3 is 10.6 Å². The second-order valence-electron chi connectivity index (χ2n) is 8.62.